The molecule has 1 saturated carbocycles. The Kier molecular flexibility index (Phi) is 4.98. The molecule has 1 aromatic rings. The van der Waals surface area contributed by atoms with Gasteiger partial charge in [-0.25, -0.2) is 4.68 Å². The molecule has 0 radical (unpaired) electrons. The van der Waals surface area contributed by atoms with Crippen LogP contribution in [0.2, 0.25) is 0 Å². The van der Waals surface area contributed by atoms with Gasteiger partial charge in [-0.3, -0.25) is 4.79 Å². The number of nitrogens with one attached hydrogen (secondary N) is 1. The van der Waals surface area contributed by atoms with E-state index in [1.54, 1.807) is 23.5 Å². The standard InChI is InChI=1S/C12H21N5O2S/c1-3-7-13-12(10(18)19)6-4-5-9(8-12)20-11-14-15-16-17(11)2/h9,13H,3-8H2,1-2H3,(H,18,19). The number of aliphatic carboxylic acids is 1. The average Bonchev–Trinajstić information content (AvgIpc) is 2.82. The smallest absolute Gasteiger partial charge is 0.323 e. The summed E-state index contributed by atoms with van der Waals surface area (Å²) in [6.07, 6.45) is 4.14. The predicted octanol–water partition coefficient (Wildman–Crippen LogP) is 1.07. The maximum absolute atomic E-state index is 11.7. The number of hydrogen-bond donors (Lipinski definition) is 2. The van der Waals surface area contributed by atoms with E-state index in [1.165, 1.54) is 0 Å². The van der Waals surface area contributed by atoms with Gasteiger partial charge in [0.2, 0.25) is 5.16 Å². The molecule has 112 valence electrons. The quantitative estimate of drug-likeness (QED) is 0.811. The first-order chi connectivity index (χ1) is 9.57. The molecule has 2 rings (SSSR count). The van der Waals surface area contributed by atoms with E-state index in [0.717, 1.165) is 31.0 Å². The number of carbonyl (C=O) groups is 1. The van der Waals surface area contributed by atoms with Crippen LogP contribution in [0.5, 0.6) is 0 Å². The fraction of sp³-hybridized carbons (Fsp3) is 0.833. The lowest BCUT2D eigenvalue weighted by molar-refractivity contribution is -0.146. The molecule has 0 saturated heterocycles. The number of thioether (sulfide) groups is 1. The van der Waals surface area contributed by atoms with Crippen molar-refractivity contribution in [1.82, 2.24) is 25.5 Å². The van der Waals surface area contributed by atoms with Crippen LogP contribution in [0.15, 0.2) is 5.16 Å². The van der Waals surface area contributed by atoms with Gasteiger partial charge in [-0.2, -0.15) is 0 Å². The number of rotatable bonds is 6. The second kappa shape index (κ2) is 6.53. The fourth-order valence-electron chi connectivity index (χ4n) is 2.59. The van der Waals surface area contributed by atoms with Crippen LogP contribution in [0, 0.1) is 0 Å². The number of carboxylic acid groups (broad SMARTS) is 1. The van der Waals surface area contributed by atoms with Crippen molar-refractivity contribution in [1.29, 1.82) is 0 Å². The molecule has 7 nitrogen and oxygen atoms in total. The Morgan fingerprint density at radius 3 is 3.05 bits per heavy atom. The number of tetrazole rings is 1. The van der Waals surface area contributed by atoms with Gasteiger partial charge in [0.25, 0.3) is 0 Å². The molecule has 0 bridgehead atoms. The molecule has 1 aromatic heterocycles. The number of aryl methyl sites for hydroxylation is 1. The molecular formula is C12H21N5O2S. The van der Waals surface area contributed by atoms with E-state index < -0.39 is 11.5 Å². The van der Waals surface area contributed by atoms with Crippen LogP contribution in [-0.2, 0) is 11.8 Å². The highest BCUT2D eigenvalue weighted by Crippen LogP contribution is 2.37. The predicted molar refractivity (Wildman–Crippen MR) is 75.6 cm³/mol. The molecule has 2 N–H and O–H groups in total. The molecule has 1 heterocycles. The van der Waals surface area contributed by atoms with Gasteiger partial charge in [0, 0.05) is 12.3 Å². The number of aromatic nitrogens is 4. The Balaban J connectivity index is 2.05. The molecule has 1 aliphatic rings. The molecule has 0 amide bonds. The lowest BCUT2D eigenvalue weighted by atomic mass is 9.81. The van der Waals surface area contributed by atoms with Gasteiger partial charge in [-0.15, -0.1) is 5.10 Å². The monoisotopic (exact) mass is 299 g/mol. The highest BCUT2D eigenvalue weighted by atomic mass is 32.2. The number of nitrogens with zero attached hydrogens (tertiary/aromatic N) is 4. The summed E-state index contributed by atoms with van der Waals surface area (Å²) in [7, 11) is 1.80. The summed E-state index contributed by atoms with van der Waals surface area (Å²) in [6.45, 7) is 2.78. The normalized spacial score (nSPS) is 26.6. The van der Waals surface area contributed by atoms with Crippen molar-refractivity contribution >= 4 is 17.7 Å². The lowest BCUT2D eigenvalue weighted by Crippen LogP contribution is -2.55. The van der Waals surface area contributed by atoms with Gasteiger partial charge in [-0.1, -0.05) is 18.7 Å². The van der Waals surface area contributed by atoms with Gasteiger partial charge in [-0.05, 0) is 49.1 Å². The van der Waals surface area contributed by atoms with Crippen LogP contribution in [-0.4, -0.2) is 48.6 Å². The van der Waals surface area contributed by atoms with Crippen LogP contribution < -0.4 is 5.32 Å². The summed E-state index contributed by atoms with van der Waals surface area (Å²) >= 11 is 1.57. The summed E-state index contributed by atoms with van der Waals surface area (Å²) in [4.78, 5) is 11.7. The zero-order chi connectivity index (χ0) is 14.6. The molecular weight excluding hydrogens is 278 g/mol. The minimum Gasteiger partial charge on any atom is -0.480 e. The summed E-state index contributed by atoms with van der Waals surface area (Å²) in [5, 5.41) is 25.2. The van der Waals surface area contributed by atoms with Crippen LogP contribution in [0.1, 0.15) is 39.0 Å². The SMILES string of the molecule is CCCNC1(C(=O)O)CCCC(Sc2nnnn2C)C1. The summed E-state index contributed by atoms with van der Waals surface area (Å²) in [6, 6.07) is 0. The fourth-order valence-corrected chi connectivity index (χ4v) is 3.81. The summed E-state index contributed by atoms with van der Waals surface area (Å²) in [5.74, 6) is -0.743. The van der Waals surface area contributed by atoms with Crippen LogP contribution >= 0.6 is 11.8 Å². The molecule has 2 unspecified atom stereocenters. The second-order valence-corrected chi connectivity index (χ2v) is 6.50. The largest absolute Gasteiger partial charge is 0.480 e. The average molecular weight is 299 g/mol. The van der Waals surface area contributed by atoms with Gasteiger partial charge >= 0.3 is 5.97 Å². The maximum Gasteiger partial charge on any atom is 0.323 e. The van der Waals surface area contributed by atoms with E-state index in [-0.39, 0.29) is 5.25 Å². The molecule has 1 fully saturated rings. The molecule has 1 aliphatic carbocycles. The van der Waals surface area contributed by atoms with Crippen molar-refractivity contribution < 1.29 is 9.90 Å². The van der Waals surface area contributed by atoms with Gasteiger partial charge in [0.05, 0.1) is 0 Å². The van der Waals surface area contributed by atoms with Crippen molar-refractivity contribution in [2.75, 3.05) is 6.54 Å². The Morgan fingerprint density at radius 2 is 2.45 bits per heavy atom. The molecule has 0 aromatic carbocycles. The van der Waals surface area contributed by atoms with Crippen molar-refractivity contribution in [3.8, 4) is 0 Å². The Labute approximate surface area is 122 Å². The van der Waals surface area contributed by atoms with E-state index in [2.05, 4.69) is 20.8 Å². The molecule has 20 heavy (non-hydrogen) atoms. The molecule has 2 atom stereocenters. The first-order valence-electron chi connectivity index (χ1n) is 6.95. The van der Waals surface area contributed by atoms with Crippen molar-refractivity contribution in [2.45, 2.75) is 55.0 Å². The van der Waals surface area contributed by atoms with Crippen molar-refractivity contribution in [3.63, 3.8) is 0 Å². The van der Waals surface area contributed by atoms with Crippen molar-refractivity contribution in [3.05, 3.63) is 0 Å². The van der Waals surface area contributed by atoms with E-state index in [9.17, 15) is 9.90 Å². The van der Waals surface area contributed by atoms with E-state index in [0.29, 0.717) is 12.8 Å². The number of carboxylic acids is 1. The van der Waals surface area contributed by atoms with Gasteiger partial charge < -0.3 is 10.4 Å². The summed E-state index contributed by atoms with van der Waals surface area (Å²) < 4.78 is 1.63. The minimum atomic E-state index is -0.794. The minimum absolute atomic E-state index is 0.230. The van der Waals surface area contributed by atoms with Gasteiger partial charge in [0.1, 0.15) is 5.54 Å². The van der Waals surface area contributed by atoms with E-state index in [4.69, 9.17) is 0 Å². The molecule has 0 spiro atoms. The first-order valence-corrected chi connectivity index (χ1v) is 7.83. The third kappa shape index (κ3) is 3.29. The Morgan fingerprint density at radius 1 is 1.65 bits per heavy atom. The third-order valence-corrected chi connectivity index (χ3v) is 4.97. The first kappa shape index (κ1) is 15.2. The Hall–Kier alpha value is -1.15. The highest BCUT2D eigenvalue weighted by molar-refractivity contribution is 7.99. The van der Waals surface area contributed by atoms with Crippen molar-refractivity contribution in [2.24, 2.45) is 7.05 Å². The zero-order valence-corrected chi connectivity index (χ0v) is 12.7. The number of hydrogen-bond acceptors (Lipinski definition) is 6. The van der Waals surface area contributed by atoms with Gasteiger partial charge in [0.15, 0.2) is 0 Å². The zero-order valence-electron chi connectivity index (χ0n) is 11.9. The van der Waals surface area contributed by atoms with Crippen LogP contribution in [0.25, 0.3) is 0 Å². The maximum atomic E-state index is 11.7. The van der Waals surface area contributed by atoms with Crippen LogP contribution in [0.4, 0.5) is 0 Å². The lowest BCUT2D eigenvalue weighted by Gasteiger charge is -2.37. The molecule has 0 aliphatic heterocycles. The van der Waals surface area contributed by atoms with Crippen LogP contribution in [0.3, 0.4) is 0 Å². The molecule has 8 heteroatoms. The Bertz CT molecular complexity index is 466. The van der Waals surface area contributed by atoms with E-state index in [1.807, 2.05) is 6.92 Å². The second-order valence-electron chi connectivity index (χ2n) is 5.24. The third-order valence-electron chi connectivity index (χ3n) is 3.68. The highest BCUT2D eigenvalue weighted by Gasteiger charge is 2.42. The summed E-state index contributed by atoms with van der Waals surface area (Å²) in [5.41, 5.74) is -0.794. The topological polar surface area (TPSA) is 92.9 Å². The van der Waals surface area contributed by atoms with E-state index >= 15 is 0 Å².